The zero-order valence-corrected chi connectivity index (χ0v) is 14.9. The zero-order chi connectivity index (χ0) is 17.1. The van der Waals surface area contributed by atoms with Crippen molar-refractivity contribution in [3.63, 3.8) is 0 Å². The number of thiophene rings is 1. The Bertz CT molecular complexity index is 732. The Hall–Kier alpha value is -2.14. The van der Waals surface area contributed by atoms with Gasteiger partial charge < -0.3 is 10.2 Å². The van der Waals surface area contributed by atoms with E-state index < -0.39 is 0 Å². The number of benzene rings is 1. The first-order chi connectivity index (χ1) is 11.5. The average molecular weight is 342 g/mol. The van der Waals surface area contributed by atoms with Crippen LogP contribution in [-0.4, -0.2) is 35.8 Å². The number of hydrogen-bond donors (Lipinski definition) is 1. The lowest BCUT2D eigenvalue weighted by Gasteiger charge is -2.32. The largest absolute Gasteiger partial charge is 0.349 e. The summed E-state index contributed by atoms with van der Waals surface area (Å²) in [7, 11) is 0. The molecule has 3 rings (SSSR count). The topological polar surface area (TPSA) is 49.4 Å². The third-order valence-corrected chi connectivity index (χ3v) is 5.48. The van der Waals surface area contributed by atoms with Crippen molar-refractivity contribution in [3.05, 3.63) is 57.3 Å². The summed E-state index contributed by atoms with van der Waals surface area (Å²) in [5.41, 5.74) is 3.01. The third-order valence-electron chi connectivity index (χ3n) is 4.62. The predicted molar refractivity (Wildman–Crippen MR) is 96.6 cm³/mol. The fourth-order valence-corrected chi connectivity index (χ4v) is 3.63. The van der Waals surface area contributed by atoms with Crippen LogP contribution >= 0.6 is 11.3 Å². The van der Waals surface area contributed by atoms with Crippen LogP contribution in [-0.2, 0) is 0 Å². The number of likely N-dealkylation sites (tertiary alicyclic amines) is 1. The molecule has 5 heteroatoms. The molecule has 1 aliphatic rings. The maximum Gasteiger partial charge on any atom is 0.263 e. The molecule has 4 nitrogen and oxygen atoms in total. The van der Waals surface area contributed by atoms with Crippen LogP contribution in [0.4, 0.5) is 0 Å². The monoisotopic (exact) mass is 342 g/mol. The number of rotatable bonds is 3. The SMILES string of the molecule is Cc1ccc(C(=O)NC2CCN(C(=O)c3cccs3)CC2)cc1C. The first kappa shape index (κ1) is 16.7. The average Bonchev–Trinajstić information content (AvgIpc) is 3.12. The zero-order valence-electron chi connectivity index (χ0n) is 14.0. The van der Waals surface area contributed by atoms with Gasteiger partial charge in [-0.3, -0.25) is 9.59 Å². The molecule has 1 aromatic heterocycles. The number of aryl methyl sites for hydroxylation is 2. The van der Waals surface area contributed by atoms with Gasteiger partial charge >= 0.3 is 0 Å². The summed E-state index contributed by atoms with van der Waals surface area (Å²) in [5.74, 6) is 0.0741. The third kappa shape index (κ3) is 3.67. The highest BCUT2D eigenvalue weighted by atomic mass is 32.1. The van der Waals surface area contributed by atoms with E-state index in [1.807, 2.05) is 54.5 Å². The minimum Gasteiger partial charge on any atom is -0.349 e. The fourth-order valence-electron chi connectivity index (χ4n) is 2.93. The van der Waals surface area contributed by atoms with E-state index in [4.69, 9.17) is 0 Å². The molecule has 0 radical (unpaired) electrons. The Morgan fingerprint density at radius 3 is 2.50 bits per heavy atom. The van der Waals surface area contributed by atoms with E-state index in [0.29, 0.717) is 18.7 Å². The van der Waals surface area contributed by atoms with Gasteiger partial charge in [-0.1, -0.05) is 12.1 Å². The minimum atomic E-state index is -0.0267. The van der Waals surface area contributed by atoms with Gasteiger partial charge in [-0.05, 0) is 61.4 Å². The van der Waals surface area contributed by atoms with Crippen molar-refractivity contribution in [1.29, 1.82) is 0 Å². The number of nitrogens with one attached hydrogen (secondary N) is 1. The number of piperidine rings is 1. The van der Waals surface area contributed by atoms with Crippen molar-refractivity contribution in [1.82, 2.24) is 10.2 Å². The van der Waals surface area contributed by atoms with Crippen LogP contribution in [0.3, 0.4) is 0 Å². The standard InChI is InChI=1S/C19H22N2O2S/c1-13-5-6-15(12-14(13)2)18(22)20-16-7-9-21(10-8-16)19(23)17-4-3-11-24-17/h3-6,11-12,16H,7-10H2,1-2H3,(H,20,22). The van der Waals surface area contributed by atoms with E-state index in [0.717, 1.165) is 23.3 Å². The predicted octanol–water partition coefficient (Wildman–Crippen LogP) is 3.40. The summed E-state index contributed by atoms with van der Waals surface area (Å²) in [5, 5.41) is 5.02. The van der Waals surface area contributed by atoms with Crippen LogP contribution in [0.25, 0.3) is 0 Å². The van der Waals surface area contributed by atoms with Crippen LogP contribution in [0.2, 0.25) is 0 Å². The van der Waals surface area contributed by atoms with Crippen LogP contribution in [0.5, 0.6) is 0 Å². The van der Waals surface area contributed by atoms with Crippen LogP contribution in [0, 0.1) is 13.8 Å². The molecule has 1 fully saturated rings. The molecule has 1 saturated heterocycles. The minimum absolute atomic E-state index is 0.0267. The molecule has 1 aromatic carbocycles. The molecular formula is C19H22N2O2S. The van der Waals surface area contributed by atoms with Gasteiger partial charge in [0.2, 0.25) is 0 Å². The van der Waals surface area contributed by atoms with E-state index >= 15 is 0 Å². The summed E-state index contributed by atoms with van der Waals surface area (Å²) in [6.07, 6.45) is 1.60. The Balaban J connectivity index is 1.54. The molecule has 0 spiro atoms. The Labute approximate surface area is 146 Å². The lowest BCUT2D eigenvalue weighted by atomic mass is 10.0. The second-order valence-corrected chi connectivity index (χ2v) is 7.26. The van der Waals surface area contributed by atoms with Crippen molar-refractivity contribution >= 4 is 23.2 Å². The van der Waals surface area contributed by atoms with E-state index in [1.165, 1.54) is 16.9 Å². The molecule has 1 aliphatic heterocycles. The van der Waals surface area contributed by atoms with E-state index in [-0.39, 0.29) is 17.9 Å². The fraction of sp³-hybridized carbons (Fsp3) is 0.368. The molecule has 0 bridgehead atoms. The number of amides is 2. The summed E-state index contributed by atoms with van der Waals surface area (Å²) < 4.78 is 0. The molecule has 0 unspecified atom stereocenters. The quantitative estimate of drug-likeness (QED) is 0.929. The summed E-state index contributed by atoms with van der Waals surface area (Å²) >= 11 is 1.47. The summed E-state index contributed by atoms with van der Waals surface area (Å²) in [6, 6.07) is 9.67. The molecule has 2 aromatic rings. The smallest absolute Gasteiger partial charge is 0.263 e. The number of carbonyl (C=O) groups excluding carboxylic acids is 2. The number of nitrogens with zero attached hydrogens (tertiary/aromatic N) is 1. The van der Waals surface area contributed by atoms with Gasteiger partial charge in [-0.15, -0.1) is 11.3 Å². The van der Waals surface area contributed by atoms with Crippen LogP contribution in [0.1, 0.15) is 44.0 Å². The van der Waals surface area contributed by atoms with E-state index in [2.05, 4.69) is 5.32 Å². The lowest BCUT2D eigenvalue weighted by Crippen LogP contribution is -2.46. The van der Waals surface area contributed by atoms with Crippen molar-refractivity contribution in [2.24, 2.45) is 0 Å². The van der Waals surface area contributed by atoms with Gasteiger partial charge in [0.1, 0.15) is 0 Å². The summed E-state index contributed by atoms with van der Waals surface area (Å²) in [4.78, 5) is 27.4. The molecule has 0 aliphatic carbocycles. The Morgan fingerprint density at radius 2 is 1.88 bits per heavy atom. The van der Waals surface area contributed by atoms with Crippen molar-refractivity contribution in [2.75, 3.05) is 13.1 Å². The van der Waals surface area contributed by atoms with Crippen molar-refractivity contribution < 1.29 is 9.59 Å². The Kier molecular flexibility index (Phi) is 5.00. The molecule has 24 heavy (non-hydrogen) atoms. The number of hydrogen-bond acceptors (Lipinski definition) is 3. The second-order valence-electron chi connectivity index (χ2n) is 6.32. The van der Waals surface area contributed by atoms with Gasteiger partial charge in [0.25, 0.3) is 11.8 Å². The summed E-state index contributed by atoms with van der Waals surface area (Å²) in [6.45, 7) is 5.43. The molecule has 0 saturated carbocycles. The van der Waals surface area contributed by atoms with Gasteiger partial charge in [0, 0.05) is 24.7 Å². The molecule has 2 heterocycles. The van der Waals surface area contributed by atoms with Gasteiger partial charge in [0.05, 0.1) is 4.88 Å². The van der Waals surface area contributed by atoms with Crippen LogP contribution < -0.4 is 5.32 Å². The maximum atomic E-state index is 12.4. The van der Waals surface area contributed by atoms with E-state index in [9.17, 15) is 9.59 Å². The highest BCUT2D eigenvalue weighted by Crippen LogP contribution is 2.18. The highest BCUT2D eigenvalue weighted by Gasteiger charge is 2.25. The van der Waals surface area contributed by atoms with Crippen molar-refractivity contribution in [2.45, 2.75) is 32.7 Å². The second kappa shape index (κ2) is 7.18. The van der Waals surface area contributed by atoms with Gasteiger partial charge in [-0.25, -0.2) is 0 Å². The van der Waals surface area contributed by atoms with Crippen LogP contribution in [0.15, 0.2) is 35.7 Å². The van der Waals surface area contributed by atoms with E-state index in [1.54, 1.807) is 0 Å². The first-order valence-electron chi connectivity index (χ1n) is 8.25. The first-order valence-corrected chi connectivity index (χ1v) is 9.13. The molecule has 126 valence electrons. The van der Waals surface area contributed by atoms with Crippen molar-refractivity contribution in [3.8, 4) is 0 Å². The number of carbonyl (C=O) groups is 2. The van der Waals surface area contributed by atoms with Gasteiger partial charge in [0.15, 0.2) is 0 Å². The maximum absolute atomic E-state index is 12.4. The molecule has 1 N–H and O–H groups in total. The molecule has 0 atom stereocenters. The highest BCUT2D eigenvalue weighted by molar-refractivity contribution is 7.12. The lowest BCUT2D eigenvalue weighted by molar-refractivity contribution is 0.0703. The molecular weight excluding hydrogens is 320 g/mol. The normalized spacial score (nSPS) is 15.3. The molecule has 2 amide bonds. The van der Waals surface area contributed by atoms with Gasteiger partial charge in [-0.2, -0.15) is 0 Å². The Morgan fingerprint density at radius 1 is 1.12 bits per heavy atom.